The summed E-state index contributed by atoms with van der Waals surface area (Å²) in [5, 5.41) is 0.126. The summed E-state index contributed by atoms with van der Waals surface area (Å²) in [5.41, 5.74) is 0.673. The van der Waals surface area contributed by atoms with Gasteiger partial charge in [0.1, 0.15) is 11.4 Å². The topological polar surface area (TPSA) is 13.1 Å². The minimum atomic E-state index is -2.71. The lowest BCUT2D eigenvalue weighted by molar-refractivity contribution is 0.124. The molecule has 0 aliphatic heterocycles. The lowest BCUT2D eigenvalue weighted by atomic mass is 10.0. The van der Waals surface area contributed by atoms with E-state index in [-0.39, 0.29) is 16.9 Å². The van der Waals surface area contributed by atoms with Crippen LogP contribution < -0.4 is 0 Å². The van der Waals surface area contributed by atoms with Crippen LogP contribution >= 0.6 is 0 Å². The number of halogens is 3. The predicted molar refractivity (Wildman–Crippen MR) is 55.2 cm³/mol. The number of alkyl halides is 2. The molecule has 0 N–H and O–H groups in total. The van der Waals surface area contributed by atoms with Crippen molar-refractivity contribution in [1.29, 1.82) is 0 Å². The van der Waals surface area contributed by atoms with Crippen LogP contribution in [0.15, 0.2) is 22.6 Å². The minimum absolute atomic E-state index is 0.00861. The van der Waals surface area contributed by atoms with Crippen LogP contribution in [0, 0.1) is 5.82 Å². The molecular weight excluding hydrogens is 217 g/mol. The molecule has 0 radical (unpaired) electrons. The van der Waals surface area contributed by atoms with E-state index >= 15 is 0 Å². The molecule has 86 valence electrons. The molecule has 0 aliphatic carbocycles. The van der Waals surface area contributed by atoms with Gasteiger partial charge in [-0.05, 0) is 23.6 Å². The van der Waals surface area contributed by atoms with E-state index in [1.807, 2.05) is 13.8 Å². The third-order valence-electron chi connectivity index (χ3n) is 2.52. The summed E-state index contributed by atoms with van der Waals surface area (Å²) in [6, 6.07) is 4.17. The smallest absolute Gasteiger partial charge is 0.295 e. The van der Waals surface area contributed by atoms with Crippen molar-refractivity contribution < 1.29 is 17.6 Å². The Kier molecular flexibility index (Phi) is 2.66. The van der Waals surface area contributed by atoms with E-state index in [2.05, 4.69) is 0 Å². The SMILES string of the molecule is CC(C)c1ccc2oc(C(F)F)cc2c1F. The van der Waals surface area contributed by atoms with Crippen molar-refractivity contribution in [3.63, 3.8) is 0 Å². The van der Waals surface area contributed by atoms with Crippen LogP contribution in [0.1, 0.15) is 37.5 Å². The summed E-state index contributed by atoms with van der Waals surface area (Å²) in [6.07, 6.45) is -2.71. The highest BCUT2D eigenvalue weighted by molar-refractivity contribution is 5.79. The van der Waals surface area contributed by atoms with E-state index in [1.165, 1.54) is 6.07 Å². The third kappa shape index (κ3) is 1.68. The van der Waals surface area contributed by atoms with Crippen molar-refractivity contribution in [1.82, 2.24) is 0 Å². The second-order valence-corrected chi connectivity index (χ2v) is 3.98. The van der Waals surface area contributed by atoms with Gasteiger partial charge in [0.05, 0.1) is 5.39 Å². The quantitative estimate of drug-likeness (QED) is 0.730. The normalized spacial score (nSPS) is 11.9. The molecule has 1 aromatic carbocycles. The van der Waals surface area contributed by atoms with Gasteiger partial charge in [-0.15, -0.1) is 0 Å². The van der Waals surface area contributed by atoms with Crippen molar-refractivity contribution in [2.45, 2.75) is 26.2 Å². The summed E-state index contributed by atoms with van der Waals surface area (Å²) in [7, 11) is 0. The van der Waals surface area contributed by atoms with Crippen LogP contribution in [-0.4, -0.2) is 0 Å². The molecule has 0 unspecified atom stereocenters. The molecule has 1 aromatic heterocycles. The molecule has 2 rings (SSSR count). The van der Waals surface area contributed by atoms with Crippen LogP contribution in [0.4, 0.5) is 13.2 Å². The zero-order valence-electron chi connectivity index (χ0n) is 8.93. The lowest BCUT2D eigenvalue weighted by Crippen LogP contribution is -1.92. The fourth-order valence-corrected chi connectivity index (χ4v) is 1.67. The summed E-state index contributed by atoms with van der Waals surface area (Å²) in [4.78, 5) is 0. The Bertz CT molecular complexity index is 514. The highest BCUT2D eigenvalue weighted by Gasteiger charge is 2.18. The second kappa shape index (κ2) is 3.85. The fourth-order valence-electron chi connectivity index (χ4n) is 1.67. The van der Waals surface area contributed by atoms with Gasteiger partial charge in [0.2, 0.25) is 0 Å². The van der Waals surface area contributed by atoms with Crippen LogP contribution in [-0.2, 0) is 0 Å². The summed E-state index contributed by atoms with van der Waals surface area (Å²) in [6.45, 7) is 3.69. The summed E-state index contributed by atoms with van der Waals surface area (Å²) in [5.74, 6) is -0.952. The maximum absolute atomic E-state index is 13.9. The molecule has 0 atom stereocenters. The van der Waals surface area contributed by atoms with Gasteiger partial charge in [-0.1, -0.05) is 19.9 Å². The minimum Gasteiger partial charge on any atom is -0.455 e. The summed E-state index contributed by atoms with van der Waals surface area (Å²) >= 11 is 0. The maximum atomic E-state index is 13.9. The van der Waals surface area contributed by atoms with Crippen LogP contribution in [0.3, 0.4) is 0 Å². The highest BCUT2D eigenvalue weighted by Crippen LogP contribution is 2.31. The first-order valence-electron chi connectivity index (χ1n) is 5.00. The van der Waals surface area contributed by atoms with Crippen LogP contribution in [0.5, 0.6) is 0 Å². The van der Waals surface area contributed by atoms with Crippen molar-refractivity contribution >= 4 is 11.0 Å². The van der Waals surface area contributed by atoms with Gasteiger partial charge in [0, 0.05) is 0 Å². The molecule has 0 saturated carbocycles. The number of furan rings is 1. The lowest BCUT2D eigenvalue weighted by Gasteiger charge is -2.06. The molecule has 0 fully saturated rings. The van der Waals surface area contributed by atoms with Crippen molar-refractivity contribution in [2.24, 2.45) is 0 Å². The zero-order valence-corrected chi connectivity index (χ0v) is 8.93. The van der Waals surface area contributed by atoms with E-state index in [9.17, 15) is 13.2 Å². The van der Waals surface area contributed by atoms with E-state index in [0.29, 0.717) is 5.56 Å². The first-order chi connectivity index (χ1) is 7.50. The molecule has 0 bridgehead atoms. The molecule has 0 amide bonds. The van der Waals surface area contributed by atoms with Gasteiger partial charge >= 0.3 is 0 Å². The van der Waals surface area contributed by atoms with Crippen molar-refractivity contribution in [2.75, 3.05) is 0 Å². The Labute approximate surface area is 90.9 Å². The second-order valence-electron chi connectivity index (χ2n) is 3.98. The molecule has 4 heteroatoms. The molecule has 1 nitrogen and oxygen atoms in total. The maximum Gasteiger partial charge on any atom is 0.295 e. The van der Waals surface area contributed by atoms with Crippen molar-refractivity contribution in [3.05, 3.63) is 35.3 Å². The van der Waals surface area contributed by atoms with E-state index in [0.717, 1.165) is 6.07 Å². The molecule has 0 spiro atoms. The van der Waals surface area contributed by atoms with E-state index < -0.39 is 18.0 Å². The first kappa shape index (κ1) is 11.0. The first-order valence-corrected chi connectivity index (χ1v) is 5.00. The molecule has 0 aliphatic rings. The van der Waals surface area contributed by atoms with Crippen LogP contribution in [0.2, 0.25) is 0 Å². The monoisotopic (exact) mass is 228 g/mol. The largest absolute Gasteiger partial charge is 0.455 e. The third-order valence-corrected chi connectivity index (χ3v) is 2.52. The van der Waals surface area contributed by atoms with Crippen molar-refractivity contribution in [3.8, 4) is 0 Å². The molecule has 2 aromatic rings. The average Bonchev–Trinajstić information content (AvgIpc) is 2.62. The Morgan fingerprint density at radius 2 is 1.88 bits per heavy atom. The highest BCUT2D eigenvalue weighted by atomic mass is 19.3. The number of hydrogen-bond acceptors (Lipinski definition) is 1. The number of benzene rings is 1. The zero-order chi connectivity index (χ0) is 11.9. The van der Waals surface area contributed by atoms with Gasteiger partial charge in [0.15, 0.2) is 5.76 Å². The molecular formula is C12H11F3O. The fraction of sp³-hybridized carbons (Fsp3) is 0.333. The summed E-state index contributed by atoms with van der Waals surface area (Å²) < 4.78 is 43.5. The van der Waals surface area contributed by atoms with E-state index in [1.54, 1.807) is 6.07 Å². The molecule has 16 heavy (non-hydrogen) atoms. The predicted octanol–water partition coefficient (Wildman–Crippen LogP) is 4.63. The molecule has 1 heterocycles. The van der Waals surface area contributed by atoms with Gasteiger partial charge in [-0.2, -0.15) is 0 Å². The average molecular weight is 228 g/mol. The van der Waals surface area contributed by atoms with E-state index in [4.69, 9.17) is 4.42 Å². The Balaban J connectivity index is 2.65. The van der Waals surface area contributed by atoms with Gasteiger partial charge in [-0.25, -0.2) is 13.2 Å². The number of rotatable bonds is 2. The molecule has 0 saturated heterocycles. The van der Waals surface area contributed by atoms with Gasteiger partial charge < -0.3 is 4.42 Å². The Morgan fingerprint density at radius 3 is 2.44 bits per heavy atom. The number of fused-ring (bicyclic) bond motifs is 1. The van der Waals surface area contributed by atoms with Gasteiger partial charge in [0.25, 0.3) is 6.43 Å². The number of hydrogen-bond donors (Lipinski definition) is 0. The Morgan fingerprint density at radius 1 is 1.19 bits per heavy atom. The van der Waals surface area contributed by atoms with Gasteiger partial charge in [-0.3, -0.25) is 0 Å². The van der Waals surface area contributed by atoms with Crippen LogP contribution in [0.25, 0.3) is 11.0 Å². The Hall–Kier alpha value is -1.45. The standard InChI is InChI=1S/C12H11F3O/c1-6(2)7-3-4-9-8(11(7)13)5-10(16-9)12(14)15/h3-6,12H,1-2H3.